The van der Waals surface area contributed by atoms with E-state index in [1.54, 1.807) is 0 Å². The van der Waals surface area contributed by atoms with Crippen LogP contribution in [0.15, 0.2) is 12.2 Å². The third-order valence-electron chi connectivity index (χ3n) is 8.36. The van der Waals surface area contributed by atoms with Crippen LogP contribution in [0.25, 0.3) is 0 Å². The summed E-state index contributed by atoms with van der Waals surface area (Å²) in [5, 5.41) is 0. The third kappa shape index (κ3) is 10.4. The first-order valence-corrected chi connectivity index (χ1v) is 21.2. The van der Waals surface area contributed by atoms with E-state index in [1.807, 2.05) is 0 Å². The number of carbonyl (C=O) groups is 2. The molecule has 4 nitrogen and oxygen atoms in total. The molecular weight excluding hydrogens is 456 g/mol. The van der Waals surface area contributed by atoms with E-state index in [2.05, 4.69) is 39.3 Å². The van der Waals surface area contributed by atoms with Gasteiger partial charge >= 0.3 is 11.9 Å². The predicted octanol–water partition coefficient (Wildman–Crippen LogP) is 7.99. The first-order valence-electron chi connectivity index (χ1n) is 14.0. The largest absolute Gasteiger partial charge is 0.463 e. The minimum Gasteiger partial charge on any atom is -0.463 e. The first-order chi connectivity index (χ1) is 16.0. The third-order valence-corrected chi connectivity index (χ3v) is 14.3. The van der Waals surface area contributed by atoms with Gasteiger partial charge in [0.05, 0.1) is 13.2 Å². The van der Waals surface area contributed by atoms with Gasteiger partial charge in [-0.15, -0.1) is 0 Å². The van der Waals surface area contributed by atoms with E-state index in [0.717, 1.165) is 24.7 Å². The molecule has 6 heteroatoms. The molecule has 0 N–H and O–H groups in total. The minimum atomic E-state index is -1.31. The normalized spacial score (nSPS) is 20.8. The highest BCUT2D eigenvalue weighted by atomic mass is 28.3. The topological polar surface area (TPSA) is 52.6 Å². The van der Waals surface area contributed by atoms with Crippen molar-refractivity contribution in [2.45, 2.75) is 127 Å². The van der Waals surface area contributed by atoms with E-state index in [9.17, 15) is 9.59 Å². The van der Waals surface area contributed by atoms with Crippen molar-refractivity contribution in [1.29, 1.82) is 0 Å². The Kier molecular flexibility index (Phi) is 12.1. The molecule has 2 fully saturated rings. The second-order valence-electron chi connectivity index (χ2n) is 13.0. The van der Waals surface area contributed by atoms with Crippen LogP contribution in [-0.2, 0) is 19.1 Å². The fourth-order valence-corrected chi connectivity index (χ4v) is 12.1. The van der Waals surface area contributed by atoms with Gasteiger partial charge in [-0.2, -0.15) is 0 Å². The summed E-state index contributed by atoms with van der Waals surface area (Å²) in [7, 11) is -2.63. The van der Waals surface area contributed by atoms with Gasteiger partial charge in [0.1, 0.15) is 0 Å². The molecule has 0 aromatic carbocycles. The maximum absolute atomic E-state index is 12.2. The molecule has 2 rings (SSSR count). The van der Waals surface area contributed by atoms with Crippen LogP contribution in [-0.4, -0.2) is 41.3 Å². The molecule has 0 aromatic rings. The average Bonchev–Trinajstić information content (AvgIpc) is 2.77. The number of rotatable bonds is 12. The molecule has 0 spiro atoms. The van der Waals surface area contributed by atoms with Crippen molar-refractivity contribution in [3.63, 3.8) is 0 Å². The minimum absolute atomic E-state index is 0.433. The van der Waals surface area contributed by atoms with Crippen LogP contribution >= 0.6 is 0 Å². The lowest BCUT2D eigenvalue weighted by molar-refractivity contribution is -0.140. The monoisotopic (exact) mass is 508 g/mol. The van der Waals surface area contributed by atoms with Gasteiger partial charge in [0.25, 0.3) is 0 Å². The van der Waals surface area contributed by atoms with E-state index in [1.165, 1.54) is 76.4 Å². The smallest absolute Gasteiger partial charge is 0.331 e. The molecular formula is C28H52O4Si2. The van der Waals surface area contributed by atoms with Gasteiger partial charge in [0, 0.05) is 28.3 Å². The highest BCUT2D eigenvalue weighted by Gasteiger charge is 2.35. The zero-order chi connectivity index (χ0) is 25.2. The summed E-state index contributed by atoms with van der Waals surface area (Å²) in [6, 6.07) is 0. The van der Waals surface area contributed by atoms with Crippen LogP contribution in [0.2, 0.25) is 50.4 Å². The Morgan fingerprint density at radius 1 is 0.647 bits per heavy atom. The van der Waals surface area contributed by atoms with Crippen LogP contribution in [0.5, 0.6) is 0 Å². The average molecular weight is 509 g/mol. The van der Waals surface area contributed by atoms with Crippen LogP contribution in [0, 0.1) is 11.8 Å². The fraction of sp³-hybridized carbons (Fsp3) is 0.857. The molecule has 196 valence electrons. The van der Waals surface area contributed by atoms with Crippen LogP contribution in [0.3, 0.4) is 0 Å². The summed E-state index contributed by atoms with van der Waals surface area (Å²) in [6.45, 7) is 15.5. The number of carbonyl (C=O) groups excluding carboxylic acids is 2. The Labute approximate surface area is 211 Å². The van der Waals surface area contributed by atoms with Crippen LogP contribution in [0.4, 0.5) is 0 Å². The van der Waals surface area contributed by atoms with E-state index >= 15 is 0 Å². The van der Waals surface area contributed by atoms with Crippen LogP contribution < -0.4 is 0 Å². The lowest BCUT2D eigenvalue weighted by Crippen LogP contribution is -2.35. The number of esters is 2. The zero-order valence-corrected chi connectivity index (χ0v) is 25.0. The maximum atomic E-state index is 12.2. The summed E-state index contributed by atoms with van der Waals surface area (Å²) in [6.07, 6.45) is 17.8. The van der Waals surface area contributed by atoms with E-state index in [0.29, 0.717) is 24.3 Å². The highest BCUT2D eigenvalue weighted by molar-refractivity contribution is 6.78. The lowest BCUT2D eigenvalue weighted by Gasteiger charge is -2.38. The number of ether oxygens (including phenoxy) is 2. The van der Waals surface area contributed by atoms with Crippen molar-refractivity contribution in [2.24, 2.45) is 11.8 Å². The molecule has 0 saturated heterocycles. The number of hydrogen-bond donors (Lipinski definition) is 0. The van der Waals surface area contributed by atoms with E-state index in [-0.39, 0.29) is 0 Å². The van der Waals surface area contributed by atoms with E-state index < -0.39 is 28.1 Å². The molecule has 0 aliphatic heterocycles. The Hall–Kier alpha value is -0.886. The molecule has 34 heavy (non-hydrogen) atoms. The fourth-order valence-electron chi connectivity index (χ4n) is 6.63. The van der Waals surface area contributed by atoms with E-state index in [4.69, 9.17) is 9.47 Å². The summed E-state index contributed by atoms with van der Waals surface area (Å²) < 4.78 is 10.9. The van der Waals surface area contributed by atoms with Crippen molar-refractivity contribution in [3.8, 4) is 0 Å². The molecule has 2 aliphatic rings. The van der Waals surface area contributed by atoms with Crippen molar-refractivity contribution in [1.82, 2.24) is 0 Å². The quantitative estimate of drug-likeness (QED) is 0.152. The van der Waals surface area contributed by atoms with Crippen molar-refractivity contribution < 1.29 is 19.1 Å². The Morgan fingerprint density at radius 2 is 0.971 bits per heavy atom. The van der Waals surface area contributed by atoms with Gasteiger partial charge in [-0.3, -0.25) is 0 Å². The molecule has 0 amide bonds. The molecule has 2 saturated carbocycles. The molecule has 0 heterocycles. The van der Waals surface area contributed by atoms with Gasteiger partial charge in [-0.05, 0) is 35.8 Å². The molecule has 0 bridgehead atoms. The van der Waals surface area contributed by atoms with Crippen molar-refractivity contribution in [2.75, 3.05) is 13.2 Å². The second kappa shape index (κ2) is 14.0. The second-order valence-corrected chi connectivity index (χ2v) is 23.9. The molecule has 0 radical (unpaired) electrons. The highest BCUT2D eigenvalue weighted by Crippen LogP contribution is 2.42. The molecule has 2 unspecified atom stereocenters. The van der Waals surface area contributed by atoms with Crippen LogP contribution in [0.1, 0.15) is 77.0 Å². The summed E-state index contributed by atoms with van der Waals surface area (Å²) in [4.78, 5) is 24.4. The van der Waals surface area contributed by atoms with Gasteiger partial charge in [-0.25, -0.2) is 9.59 Å². The molecule has 2 aliphatic carbocycles. The Balaban J connectivity index is 1.72. The SMILES string of the molecule is C[Si](C)(C)C(CCOC(=O)/C=C/C(=O)OCCC(C1CCCCC1)[Si](C)(C)C)C1CCCCC1. The molecule has 2 atom stereocenters. The Bertz CT molecular complexity index is 594. The Morgan fingerprint density at radius 3 is 1.26 bits per heavy atom. The van der Waals surface area contributed by atoms with Crippen molar-refractivity contribution in [3.05, 3.63) is 12.2 Å². The maximum Gasteiger partial charge on any atom is 0.331 e. The van der Waals surface area contributed by atoms with Gasteiger partial charge in [0.2, 0.25) is 0 Å². The predicted molar refractivity (Wildman–Crippen MR) is 148 cm³/mol. The number of hydrogen-bond acceptors (Lipinski definition) is 4. The van der Waals surface area contributed by atoms with Gasteiger partial charge in [-0.1, -0.05) is 103 Å². The van der Waals surface area contributed by atoms with Gasteiger partial charge < -0.3 is 9.47 Å². The standard InChI is InChI=1S/C28H52O4Si2/c1-33(2,3)25(23-13-9-7-10-14-23)19-21-31-27(29)17-18-28(30)32-22-20-26(34(4,5)6)24-15-11-8-12-16-24/h17-18,23-26H,7-16,19-22H2,1-6H3/b18-17+. The first kappa shape index (κ1) is 29.3. The summed E-state index contributed by atoms with van der Waals surface area (Å²) in [5.41, 5.74) is 1.39. The van der Waals surface area contributed by atoms with Gasteiger partial charge in [0.15, 0.2) is 0 Å². The lowest BCUT2D eigenvalue weighted by atomic mass is 9.85. The zero-order valence-electron chi connectivity index (χ0n) is 23.0. The summed E-state index contributed by atoms with van der Waals surface area (Å²) >= 11 is 0. The van der Waals surface area contributed by atoms with Crippen molar-refractivity contribution >= 4 is 28.1 Å². The summed E-state index contributed by atoms with van der Waals surface area (Å²) in [5.74, 6) is 0.714. The molecule has 0 aromatic heterocycles.